The second-order valence-electron chi connectivity index (χ2n) is 6.95. The Labute approximate surface area is 193 Å². The molecule has 0 aromatic heterocycles. The smallest absolute Gasteiger partial charge is 0.249 e. The molecule has 0 fully saturated rings. The SMILES string of the molecule is CSc1cccc(NC(=O)CN2C(=O)CN=C(c3ccccc3)c3cc(Br)ccc32)c1. The van der Waals surface area contributed by atoms with Gasteiger partial charge in [0, 0.05) is 26.2 Å². The molecule has 1 aliphatic rings. The summed E-state index contributed by atoms with van der Waals surface area (Å²) in [4.78, 5) is 32.9. The van der Waals surface area contributed by atoms with E-state index < -0.39 is 0 Å². The number of anilines is 2. The number of carbonyl (C=O) groups is 2. The van der Waals surface area contributed by atoms with E-state index in [1.807, 2.05) is 79.1 Å². The molecule has 2 amide bonds. The molecule has 0 saturated carbocycles. The van der Waals surface area contributed by atoms with Gasteiger partial charge in [-0.3, -0.25) is 14.6 Å². The first-order valence-electron chi connectivity index (χ1n) is 9.69. The standard InChI is InChI=1S/C24H20BrN3O2S/c1-31-19-9-5-8-18(13-19)27-22(29)15-28-21-11-10-17(25)12-20(21)24(26-14-23(28)30)16-6-3-2-4-7-16/h2-13H,14-15H2,1H3,(H,27,29). The van der Waals surface area contributed by atoms with Crippen molar-refractivity contribution in [3.63, 3.8) is 0 Å². The van der Waals surface area contributed by atoms with Gasteiger partial charge in [-0.25, -0.2) is 0 Å². The van der Waals surface area contributed by atoms with Gasteiger partial charge in [0.1, 0.15) is 13.1 Å². The summed E-state index contributed by atoms with van der Waals surface area (Å²) in [6, 6.07) is 23.0. The van der Waals surface area contributed by atoms with Crippen molar-refractivity contribution < 1.29 is 9.59 Å². The Morgan fingerprint density at radius 3 is 2.68 bits per heavy atom. The zero-order valence-electron chi connectivity index (χ0n) is 16.8. The van der Waals surface area contributed by atoms with Gasteiger partial charge in [-0.05, 0) is 42.7 Å². The van der Waals surface area contributed by atoms with E-state index in [0.29, 0.717) is 11.4 Å². The minimum Gasteiger partial charge on any atom is -0.324 e. The van der Waals surface area contributed by atoms with E-state index >= 15 is 0 Å². The Bertz CT molecular complexity index is 1160. The van der Waals surface area contributed by atoms with Crippen LogP contribution in [-0.2, 0) is 9.59 Å². The Hall–Kier alpha value is -2.90. The number of hydrogen-bond acceptors (Lipinski definition) is 4. The summed E-state index contributed by atoms with van der Waals surface area (Å²) in [6.45, 7) is -0.111. The van der Waals surface area contributed by atoms with E-state index in [4.69, 9.17) is 0 Å². The highest BCUT2D eigenvalue weighted by molar-refractivity contribution is 9.10. The number of amides is 2. The first kappa shape index (κ1) is 21.3. The lowest BCUT2D eigenvalue weighted by Gasteiger charge is -2.23. The number of benzene rings is 3. The van der Waals surface area contributed by atoms with Crippen LogP contribution < -0.4 is 10.2 Å². The van der Waals surface area contributed by atoms with E-state index in [-0.39, 0.29) is 24.9 Å². The van der Waals surface area contributed by atoms with Crippen LogP contribution in [0.3, 0.4) is 0 Å². The molecule has 7 heteroatoms. The largest absolute Gasteiger partial charge is 0.324 e. The molecule has 1 heterocycles. The van der Waals surface area contributed by atoms with Crippen LogP contribution in [0.5, 0.6) is 0 Å². The van der Waals surface area contributed by atoms with Crippen molar-refractivity contribution in [3.8, 4) is 0 Å². The third kappa shape index (κ3) is 4.89. The number of fused-ring (bicyclic) bond motifs is 1. The van der Waals surface area contributed by atoms with Crippen molar-refractivity contribution in [2.75, 3.05) is 29.6 Å². The molecular weight excluding hydrogens is 474 g/mol. The first-order chi connectivity index (χ1) is 15.0. The number of aliphatic imine (C=N–C) groups is 1. The molecule has 0 bridgehead atoms. The van der Waals surface area contributed by atoms with Crippen LogP contribution in [-0.4, -0.2) is 36.9 Å². The van der Waals surface area contributed by atoms with Crippen LogP contribution in [0, 0.1) is 0 Å². The molecule has 5 nitrogen and oxygen atoms in total. The molecule has 31 heavy (non-hydrogen) atoms. The first-order valence-corrected chi connectivity index (χ1v) is 11.7. The highest BCUT2D eigenvalue weighted by Crippen LogP contribution is 2.30. The van der Waals surface area contributed by atoms with Crippen LogP contribution in [0.15, 0.2) is 87.2 Å². The fraction of sp³-hybridized carbons (Fsp3) is 0.125. The Morgan fingerprint density at radius 1 is 1.10 bits per heavy atom. The molecule has 0 atom stereocenters. The van der Waals surface area contributed by atoms with E-state index in [9.17, 15) is 9.59 Å². The zero-order valence-corrected chi connectivity index (χ0v) is 19.2. The molecule has 0 aliphatic carbocycles. The Kier molecular flexibility index (Phi) is 6.53. The number of hydrogen-bond donors (Lipinski definition) is 1. The van der Waals surface area contributed by atoms with Crippen LogP contribution in [0.2, 0.25) is 0 Å². The van der Waals surface area contributed by atoms with Crippen LogP contribution in [0.4, 0.5) is 11.4 Å². The molecule has 0 spiro atoms. The van der Waals surface area contributed by atoms with Crippen molar-refractivity contribution in [1.82, 2.24) is 0 Å². The molecular formula is C24H20BrN3O2S. The van der Waals surface area contributed by atoms with Crippen molar-refractivity contribution in [2.24, 2.45) is 4.99 Å². The quantitative estimate of drug-likeness (QED) is 0.509. The second kappa shape index (κ2) is 9.49. The monoisotopic (exact) mass is 493 g/mol. The predicted molar refractivity (Wildman–Crippen MR) is 130 cm³/mol. The van der Waals surface area contributed by atoms with Crippen molar-refractivity contribution in [1.29, 1.82) is 0 Å². The molecule has 3 aromatic rings. The summed E-state index contributed by atoms with van der Waals surface area (Å²) in [7, 11) is 0. The number of carbonyl (C=O) groups excluding carboxylic acids is 2. The lowest BCUT2D eigenvalue weighted by molar-refractivity contribution is -0.120. The van der Waals surface area contributed by atoms with Gasteiger partial charge in [-0.15, -0.1) is 11.8 Å². The maximum atomic E-state index is 13.0. The lowest BCUT2D eigenvalue weighted by Crippen LogP contribution is -2.39. The average molecular weight is 494 g/mol. The fourth-order valence-corrected chi connectivity index (χ4v) is 4.27. The number of benzodiazepines with no additional fused rings is 1. The number of nitrogens with zero attached hydrogens (tertiary/aromatic N) is 2. The minimum atomic E-state index is -0.261. The highest BCUT2D eigenvalue weighted by atomic mass is 79.9. The van der Waals surface area contributed by atoms with E-state index in [1.54, 1.807) is 11.8 Å². The molecule has 4 rings (SSSR count). The van der Waals surface area contributed by atoms with Crippen molar-refractivity contribution >= 4 is 56.6 Å². The minimum absolute atomic E-state index is 0.0221. The summed E-state index contributed by atoms with van der Waals surface area (Å²) >= 11 is 5.12. The topological polar surface area (TPSA) is 61.8 Å². The number of halogens is 1. The van der Waals surface area contributed by atoms with E-state index in [1.165, 1.54) is 4.90 Å². The van der Waals surface area contributed by atoms with Gasteiger partial charge >= 0.3 is 0 Å². The van der Waals surface area contributed by atoms with Gasteiger partial charge in [0.2, 0.25) is 11.8 Å². The molecule has 3 aromatic carbocycles. The van der Waals surface area contributed by atoms with Crippen LogP contribution in [0.1, 0.15) is 11.1 Å². The summed E-state index contributed by atoms with van der Waals surface area (Å²) in [6.07, 6.45) is 1.98. The highest BCUT2D eigenvalue weighted by Gasteiger charge is 2.27. The third-order valence-corrected chi connectivity index (χ3v) is 6.10. The lowest BCUT2D eigenvalue weighted by atomic mass is 10.0. The van der Waals surface area contributed by atoms with Gasteiger partial charge in [-0.2, -0.15) is 0 Å². The Balaban J connectivity index is 1.65. The molecule has 156 valence electrons. The summed E-state index contributed by atoms with van der Waals surface area (Å²) in [5.41, 5.74) is 3.84. The van der Waals surface area contributed by atoms with Gasteiger partial charge in [0.25, 0.3) is 0 Å². The predicted octanol–water partition coefficient (Wildman–Crippen LogP) is 4.99. The van der Waals surface area contributed by atoms with E-state index in [2.05, 4.69) is 26.2 Å². The molecule has 1 aliphatic heterocycles. The van der Waals surface area contributed by atoms with Crippen LogP contribution >= 0.6 is 27.7 Å². The second-order valence-corrected chi connectivity index (χ2v) is 8.75. The molecule has 0 saturated heterocycles. The number of thioether (sulfide) groups is 1. The number of nitrogens with one attached hydrogen (secondary N) is 1. The van der Waals surface area contributed by atoms with Crippen molar-refractivity contribution in [3.05, 3.63) is 88.4 Å². The molecule has 1 N–H and O–H groups in total. The van der Waals surface area contributed by atoms with Gasteiger partial charge in [0.15, 0.2) is 0 Å². The normalized spacial score (nSPS) is 13.3. The molecule has 0 radical (unpaired) electrons. The Morgan fingerprint density at radius 2 is 1.90 bits per heavy atom. The molecule has 0 unspecified atom stereocenters. The summed E-state index contributed by atoms with van der Waals surface area (Å²) < 4.78 is 0.877. The third-order valence-electron chi connectivity index (χ3n) is 4.88. The summed E-state index contributed by atoms with van der Waals surface area (Å²) in [5, 5.41) is 2.90. The number of rotatable bonds is 5. The van der Waals surface area contributed by atoms with Crippen molar-refractivity contribution in [2.45, 2.75) is 4.90 Å². The fourth-order valence-electron chi connectivity index (χ4n) is 3.45. The average Bonchev–Trinajstić information content (AvgIpc) is 2.91. The van der Waals surface area contributed by atoms with Gasteiger partial charge in [0.05, 0.1) is 11.4 Å². The van der Waals surface area contributed by atoms with Gasteiger partial charge < -0.3 is 10.2 Å². The maximum absolute atomic E-state index is 13.0. The maximum Gasteiger partial charge on any atom is 0.249 e. The zero-order chi connectivity index (χ0) is 21.8. The van der Waals surface area contributed by atoms with Gasteiger partial charge in [-0.1, -0.05) is 52.3 Å². The summed E-state index contributed by atoms with van der Waals surface area (Å²) in [5.74, 6) is -0.480. The van der Waals surface area contributed by atoms with Crippen LogP contribution in [0.25, 0.3) is 0 Å². The van der Waals surface area contributed by atoms with E-state index in [0.717, 1.165) is 26.2 Å².